The van der Waals surface area contributed by atoms with Crippen LogP contribution in [-0.2, 0) is 13.3 Å². The summed E-state index contributed by atoms with van der Waals surface area (Å²) in [7, 11) is 4.43. The van der Waals surface area contributed by atoms with Crippen molar-refractivity contribution in [2.75, 3.05) is 21.1 Å². The molecule has 3 rings (SSSR count). The average Bonchev–Trinajstić information content (AvgIpc) is 3.05. The van der Waals surface area contributed by atoms with Crippen molar-refractivity contribution >= 4 is 9.53 Å². The van der Waals surface area contributed by atoms with Gasteiger partial charge >= 0.3 is 9.53 Å². The number of piperidine rings is 3. The Balaban J connectivity index is 2.07. The first-order valence-corrected chi connectivity index (χ1v) is 20.8. The molecule has 0 N–H and O–H groups in total. The molecule has 0 radical (unpaired) electrons. The summed E-state index contributed by atoms with van der Waals surface area (Å²) in [6.07, 6.45) is 9.95. The van der Waals surface area contributed by atoms with Gasteiger partial charge in [-0.05, 0) is 138 Å². The van der Waals surface area contributed by atoms with E-state index >= 15 is 0 Å². The highest BCUT2D eigenvalue weighted by molar-refractivity contribution is 6.36. The Hall–Kier alpha value is -0.0231. The lowest BCUT2D eigenvalue weighted by Crippen LogP contribution is -2.69. The van der Waals surface area contributed by atoms with E-state index in [-0.39, 0.29) is 51.5 Å². The Bertz CT molecular complexity index is 895. The summed E-state index contributed by atoms with van der Waals surface area (Å²) < 4.78 is 22.4. The highest BCUT2D eigenvalue weighted by Crippen LogP contribution is 2.49. The van der Waals surface area contributed by atoms with Crippen LogP contribution in [0.5, 0.6) is 0 Å². The van der Waals surface area contributed by atoms with Crippen molar-refractivity contribution in [1.82, 2.24) is 14.7 Å². The molecule has 0 aromatic heterocycles. The molecular weight excluding hydrogens is 587 g/mol. The van der Waals surface area contributed by atoms with Crippen LogP contribution >= 0.6 is 0 Å². The Morgan fingerprint density at radius 3 is 0.848 bits per heavy atom. The molecule has 0 aromatic carbocycles. The predicted octanol–water partition coefficient (Wildman–Crippen LogP) is 8.79. The summed E-state index contributed by atoms with van der Waals surface area (Å²) in [5.74, 6) is 1.12. The Morgan fingerprint density at radius 1 is 0.457 bits per heavy atom. The summed E-state index contributed by atoms with van der Waals surface area (Å²) in [6.45, 7) is 36.0. The van der Waals surface area contributed by atoms with Crippen molar-refractivity contribution in [1.29, 1.82) is 0 Å². The predicted molar refractivity (Wildman–Crippen MR) is 199 cm³/mol. The first-order valence-electron chi connectivity index (χ1n) is 19.3. The van der Waals surface area contributed by atoms with Crippen molar-refractivity contribution < 1.29 is 13.3 Å². The van der Waals surface area contributed by atoms with E-state index in [1.54, 1.807) is 0 Å². The minimum Gasteiger partial charge on any atom is -0.372 e. The third kappa shape index (κ3) is 6.60. The molecule has 12 atom stereocenters. The van der Waals surface area contributed by atoms with Gasteiger partial charge in [-0.15, -0.1) is 0 Å². The second-order valence-electron chi connectivity index (χ2n) is 17.7. The smallest absolute Gasteiger partial charge is 0.372 e. The Kier molecular flexibility index (Phi) is 12.6. The maximum atomic E-state index is 7.45. The van der Waals surface area contributed by atoms with Gasteiger partial charge in [0, 0.05) is 33.2 Å². The molecule has 6 nitrogen and oxygen atoms in total. The lowest BCUT2D eigenvalue weighted by atomic mass is 9.68. The van der Waals surface area contributed by atoms with Crippen molar-refractivity contribution in [3.05, 3.63) is 0 Å². The second kappa shape index (κ2) is 14.3. The maximum Gasteiger partial charge on any atom is 0.484 e. The summed E-state index contributed by atoms with van der Waals surface area (Å²) in [6, 6.07) is 0. The van der Waals surface area contributed by atoms with Gasteiger partial charge in [-0.2, -0.15) is 0 Å². The van der Waals surface area contributed by atoms with Gasteiger partial charge in [0.15, 0.2) is 0 Å². The zero-order chi connectivity index (χ0) is 35.3. The molecule has 0 aliphatic carbocycles. The summed E-state index contributed by atoms with van der Waals surface area (Å²) in [5, 5.41) is 0. The molecule has 0 saturated carbocycles. The van der Waals surface area contributed by atoms with Crippen LogP contribution in [0, 0.1) is 17.8 Å². The fraction of sp³-hybridized carbons (Fsp3) is 1.00. The van der Waals surface area contributed by atoms with Crippen LogP contribution in [0.4, 0.5) is 0 Å². The van der Waals surface area contributed by atoms with Crippen molar-refractivity contribution in [2.24, 2.45) is 17.8 Å². The van der Waals surface area contributed by atoms with E-state index in [0.29, 0.717) is 17.8 Å². The van der Waals surface area contributed by atoms with Crippen LogP contribution in [0.15, 0.2) is 0 Å². The first-order chi connectivity index (χ1) is 21.2. The lowest BCUT2D eigenvalue weighted by molar-refractivity contribution is -0.164. The van der Waals surface area contributed by atoms with E-state index in [1.165, 1.54) is 0 Å². The minimum absolute atomic E-state index is 0.0530. The minimum atomic E-state index is -2.60. The molecule has 272 valence electrons. The number of nitrogens with zero attached hydrogens (tertiary/aromatic N) is 3. The Labute approximate surface area is 289 Å². The number of rotatable bonds is 12. The fourth-order valence-corrected chi connectivity index (χ4v) is 12.1. The van der Waals surface area contributed by atoms with Crippen LogP contribution in [-0.4, -0.2) is 96.9 Å². The van der Waals surface area contributed by atoms with Crippen LogP contribution in [0.2, 0.25) is 0 Å². The molecule has 12 unspecified atom stereocenters. The van der Waals surface area contributed by atoms with Gasteiger partial charge in [0.1, 0.15) is 0 Å². The molecule has 3 fully saturated rings. The molecule has 3 saturated heterocycles. The normalized spacial score (nSPS) is 48.9. The highest BCUT2D eigenvalue weighted by Gasteiger charge is 2.56. The van der Waals surface area contributed by atoms with E-state index in [2.05, 4.69) is 140 Å². The summed E-state index contributed by atoms with van der Waals surface area (Å²) in [4.78, 5) is 8.00. The largest absolute Gasteiger partial charge is 0.484 e. The number of hydrogen-bond donors (Lipinski definition) is 0. The van der Waals surface area contributed by atoms with E-state index in [0.717, 1.165) is 57.8 Å². The number of hydrogen-bond acceptors (Lipinski definition) is 6. The summed E-state index contributed by atoms with van der Waals surface area (Å²) in [5.41, 5.74) is 0.384. The van der Waals surface area contributed by atoms with Crippen molar-refractivity contribution in [2.45, 2.75) is 213 Å². The molecule has 7 heteroatoms. The first kappa shape index (κ1) is 40.4. The zero-order valence-corrected chi connectivity index (χ0v) is 35.1. The molecule has 0 bridgehead atoms. The van der Waals surface area contributed by atoms with Crippen LogP contribution in [0.1, 0.15) is 162 Å². The topological polar surface area (TPSA) is 37.4 Å². The van der Waals surface area contributed by atoms with Crippen LogP contribution < -0.4 is 0 Å². The molecule has 3 heterocycles. The van der Waals surface area contributed by atoms with Gasteiger partial charge in [-0.1, -0.05) is 62.3 Å². The zero-order valence-electron chi connectivity index (χ0n) is 34.0. The van der Waals surface area contributed by atoms with Crippen molar-refractivity contribution in [3.63, 3.8) is 0 Å². The molecule has 46 heavy (non-hydrogen) atoms. The van der Waals surface area contributed by atoms with E-state index in [1.807, 2.05) is 0 Å². The van der Waals surface area contributed by atoms with E-state index < -0.39 is 9.53 Å². The molecule has 3 aliphatic heterocycles. The van der Waals surface area contributed by atoms with Gasteiger partial charge in [0.05, 0.1) is 18.3 Å². The van der Waals surface area contributed by atoms with Crippen LogP contribution in [0.3, 0.4) is 0 Å². The van der Waals surface area contributed by atoms with Crippen LogP contribution in [0.25, 0.3) is 0 Å². The van der Waals surface area contributed by atoms with Gasteiger partial charge in [0.25, 0.3) is 0 Å². The van der Waals surface area contributed by atoms with Gasteiger partial charge in [-0.3, -0.25) is 14.7 Å². The molecule has 0 spiro atoms. The third-order valence-electron chi connectivity index (χ3n) is 16.6. The van der Waals surface area contributed by atoms with Gasteiger partial charge < -0.3 is 13.3 Å². The summed E-state index contributed by atoms with van der Waals surface area (Å²) >= 11 is 0. The Morgan fingerprint density at radius 2 is 0.674 bits per heavy atom. The quantitative estimate of drug-likeness (QED) is 0.194. The SMILES string of the molecule is CCC1(C)CC(O[SiH](OC2CC(C)(CC)N(C)C(C)(CC)C2C)OC2CC(C)(CC)N(C)C(C)(CC)C2C)C(C)C(C)(CC)N1C. The maximum absolute atomic E-state index is 7.45. The molecule has 3 aliphatic rings. The lowest BCUT2D eigenvalue weighted by Gasteiger charge is -2.61. The van der Waals surface area contributed by atoms with Gasteiger partial charge in [0.2, 0.25) is 0 Å². The molecular formula is C39H79N3O3Si. The highest BCUT2D eigenvalue weighted by atomic mass is 28.3. The third-order valence-corrected chi connectivity index (χ3v) is 18.3. The standard InChI is InChI=1S/C39H79N3O3Si/c1-19-34(10)25-31(28(7)37(13,22-4)40(34)16)43-46(44-32-26-35(11,20-2)41(17)38(14,23-5)29(32)8)45-33-27-36(12,21-3)42(18)39(15,24-6)30(33)9/h28-33,46H,19-27H2,1-18H3. The molecule has 0 amide bonds. The van der Waals surface area contributed by atoms with Crippen molar-refractivity contribution in [3.8, 4) is 0 Å². The average molecular weight is 666 g/mol. The second-order valence-corrected chi connectivity index (χ2v) is 19.0. The monoisotopic (exact) mass is 666 g/mol. The fourth-order valence-electron chi connectivity index (χ4n) is 10.1. The molecule has 0 aromatic rings. The van der Waals surface area contributed by atoms with Gasteiger partial charge in [-0.25, -0.2) is 0 Å². The number of likely N-dealkylation sites (tertiary alicyclic amines) is 3. The van der Waals surface area contributed by atoms with E-state index in [4.69, 9.17) is 13.3 Å². The van der Waals surface area contributed by atoms with E-state index in [9.17, 15) is 0 Å².